The van der Waals surface area contributed by atoms with E-state index in [1.165, 1.54) is 26.4 Å². The zero-order valence-corrected chi connectivity index (χ0v) is 9.37. The zero-order chi connectivity index (χ0) is 12.1. The number of hydrogen-bond donors (Lipinski definition) is 0. The summed E-state index contributed by atoms with van der Waals surface area (Å²) in [7, 11) is 2.73. The third-order valence-electron chi connectivity index (χ3n) is 1.96. The number of ether oxygens (including phenoxy) is 3. The molecule has 1 aromatic carbocycles. The predicted octanol–water partition coefficient (Wildman–Crippen LogP) is 2.02. The first kappa shape index (κ1) is 12.3. The van der Waals surface area contributed by atoms with Crippen molar-refractivity contribution >= 4 is 5.97 Å². The summed E-state index contributed by atoms with van der Waals surface area (Å²) >= 11 is 0. The van der Waals surface area contributed by atoms with Crippen LogP contribution in [0, 0.1) is 5.82 Å². The Labute approximate surface area is 92.9 Å². The van der Waals surface area contributed by atoms with E-state index >= 15 is 0 Å². The number of esters is 1. The van der Waals surface area contributed by atoms with Crippen molar-refractivity contribution < 1.29 is 23.4 Å². The van der Waals surface area contributed by atoms with Gasteiger partial charge in [0.05, 0.1) is 20.8 Å². The average Bonchev–Trinajstić information content (AvgIpc) is 2.29. The average molecular weight is 228 g/mol. The molecule has 0 amide bonds. The fourth-order valence-corrected chi connectivity index (χ4v) is 1.20. The van der Waals surface area contributed by atoms with Crippen LogP contribution in [0.5, 0.6) is 11.5 Å². The van der Waals surface area contributed by atoms with E-state index in [0.717, 1.165) is 0 Å². The van der Waals surface area contributed by atoms with Crippen LogP contribution < -0.4 is 9.47 Å². The molecule has 0 spiro atoms. The van der Waals surface area contributed by atoms with Crippen LogP contribution in [0.15, 0.2) is 12.1 Å². The normalized spacial score (nSPS) is 9.75. The molecule has 0 aromatic heterocycles. The smallest absolute Gasteiger partial charge is 0.341 e. The molecule has 16 heavy (non-hydrogen) atoms. The topological polar surface area (TPSA) is 44.8 Å². The number of carbonyl (C=O) groups is 1. The minimum atomic E-state index is -0.748. The summed E-state index contributed by atoms with van der Waals surface area (Å²) in [6.45, 7) is 1.82. The van der Waals surface area contributed by atoms with Gasteiger partial charge >= 0.3 is 5.97 Å². The monoisotopic (exact) mass is 228 g/mol. The van der Waals surface area contributed by atoms with Crippen molar-refractivity contribution in [2.24, 2.45) is 0 Å². The molecule has 0 unspecified atom stereocenters. The number of methoxy groups -OCH3 is 2. The molecule has 0 atom stereocenters. The number of hydrogen-bond acceptors (Lipinski definition) is 4. The first-order chi connectivity index (χ1) is 7.63. The molecule has 0 aliphatic rings. The van der Waals surface area contributed by atoms with Gasteiger partial charge in [-0.25, -0.2) is 9.18 Å². The maximum Gasteiger partial charge on any atom is 0.341 e. The molecule has 1 rings (SSSR count). The first-order valence-electron chi connectivity index (χ1n) is 4.72. The molecule has 0 aliphatic heterocycles. The highest BCUT2D eigenvalue weighted by molar-refractivity contribution is 5.90. The van der Waals surface area contributed by atoms with Crippen LogP contribution in [0.4, 0.5) is 4.39 Å². The Morgan fingerprint density at radius 2 is 2.00 bits per heavy atom. The summed E-state index contributed by atoms with van der Waals surface area (Å²) in [4.78, 5) is 11.4. The Morgan fingerprint density at radius 1 is 1.31 bits per heavy atom. The Hall–Kier alpha value is -1.78. The van der Waals surface area contributed by atoms with Crippen LogP contribution in [0.3, 0.4) is 0 Å². The van der Waals surface area contributed by atoms with Gasteiger partial charge in [0.2, 0.25) is 0 Å². The Balaban J connectivity index is 3.20. The van der Waals surface area contributed by atoms with Crippen LogP contribution in [0.2, 0.25) is 0 Å². The van der Waals surface area contributed by atoms with Gasteiger partial charge in [-0.1, -0.05) is 0 Å². The van der Waals surface area contributed by atoms with Crippen molar-refractivity contribution in [3.63, 3.8) is 0 Å². The third-order valence-corrected chi connectivity index (χ3v) is 1.96. The van der Waals surface area contributed by atoms with Crippen molar-refractivity contribution in [1.29, 1.82) is 0 Å². The molecule has 0 heterocycles. The van der Waals surface area contributed by atoms with Crippen molar-refractivity contribution in [3.05, 3.63) is 23.5 Å². The van der Waals surface area contributed by atoms with E-state index in [1.54, 1.807) is 6.92 Å². The third kappa shape index (κ3) is 2.42. The lowest BCUT2D eigenvalue weighted by molar-refractivity contribution is 0.0519. The number of rotatable bonds is 4. The van der Waals surface area contributed by atoms with E-state index < -0.39 is 11.8 Å². The second-order valence-electron chi connectivity index (χ2n) is 2.91. The molecule has 0 saturated carbocycles. The van der Waals surface area contributed by atoms with Gasteiger partial charge in [-0.15, -0.1) is 0 Å². The highest BCUT2D eigenvalue weighted by Gasteiger charge is 2.18. The van der Waals surface area contributed by atoms with Gasteiger partial charge in [0.25, 0.3) is 0 Å². The van der Waals surface area contributed by atoms with Gasteiger partial charge in [0, 0.05) is 6.07 Å². The van der Waals surface area contributed by atoms with Gasteiger partial charge in [0.1, 0.15) is 11.3 Å². The lowest BCUT2D eigenvalue weighted by Gasteiger charge is -2.09. The van der Waals surface area contributed by atoms with Crippen molar-refractivity contribution in [1.82, 2.24) is 0 Å². The Bertz CT molecular complexity index is 390. The first-order valence-corrected chi connectivity index (χ1v) is 4.72. The summed E-state index contributed by atoms with van der Waals surface area (Å²) in [6, 6.07) is 2.63. The van der Waals surface area contributed by atoms with E-state index in [0.29, 0.717) is 5.75 Å². The standard InChI is InChI=1S/C11H13FO4/c1-4-16-11(13)8-5-7(14-2)6-9(15-3)10(8)12/h5-6H,4H2,1-3H3. The van der Waals surface area contributed by atoms with Gasteiger partial charge in [0.15, 0.2) is 11.6 Å². The van der Waals surface area contributed by atoms with Gasteiger partial charge in [-0.2, -0.15) is 0 Å². The van der Waals surface area contributed by atoms with E-state index in [2.05, 4.69) is 0 Å². The fraction of sp³-hybridized carbons (Fsp3) is 0.364. The minimum Gasteiger partial charge on any atom is -0.497 e. The Morgan fingerprint density at radius 3 is 2.50 bits per heavy atom. The molecule has 0 fully saturated rings. The highest BCUT2D eigenvalue weighted by Crippen LogP contribution is 2.27. The summed E-state index contributed by atoms with van der Waals surface area (Å²) in [5.41, 5.74) is -0.196. The molecule has 4 nitrogen and oxygen atoms in total. The fourth-order valence-electron chi connectivity index (χ4n) is 1.20. The lowest BCUT2D eigenvalue weighted by Crippen LogP contribution is -2.08. The SMILES string of the molecule is CCOC(=O)c1cc(OC)cc(OC)c1F. The molecule has 88 valence electrons. The van der Waals surface area contributed by atoms with Crippen LogP contribution >= 0.6 is 0 Å². The number of carbonyl (C=O) groups excluding carboxylic acids is 1. The number of benzene rings is 1. The minimum absolute atomic E-state index is 0.0533. The molecular weight excluding hydrogens is 215 g/mol. The van der Waals surface area contributed by atoms with Crippen molar-refractivity contribution in [3.8, 4) is 11.5 Å². The largest absolute Gasteiger partial charge is 0.497 e. The van der Waals surface area contributed by atoms with Crippen LogP contribution in [-0.4, -0.2) is 26.8 Å². The van der Waals surface area contributed by atoms with Crippen LogP contribution in [-0.2, 0) is 4.74 Å². The predicted molar refractivity (Wildman–Crippen MR) is 55.5 cm³/mol. The molecular formula is C11H13FO4. The molecule has 0 aliphatic carbocycles. The van der Waals surface area contributed by atoms with Crippen molar-refractivity contribution in [2.45, 2.75) is 6.92 Å². The quantitative estimate of drug-likeness (QED) is 0.739. The van der Waals surface area contributed by atoms with E-state index in [-0.39, 0.29) is 17.9 Å². The number of halogens is 1. The van der Waals surface area contributed by atoms with E-state index in [1.807, 2.05) is 0 Å². The van der Waals surface area contributed by atoms with Gasteiger partial charge in [-0.05, 0) is 13.0 Å². The maximum absolute atomic E-state index is 13.7. The molecule has 0 bridgehead atoms. The molecule has 0 radical (unpaired) electrons. The molecule has 5 heteroatoms. The van der Waals surface area contributed by atoms with Gasteiger partial charge < -0.3 is 14.2 Å². The van der Waals surface area contributed by atoms with Crippen LogP contribution in [0.25, 0.3) is 0 Å². The second kappa shape index (κ2) is 5.34. The summed E-state index contributed by atoms with van der Waals surface area (Å²) in [5, 5.41) is 0. The van der Waals surface area contributed by atoms with E-state index in [9.17, 15) is 9.18 Å². The summed E-state index contributed by atoms with van der Waals surface area (Å²) < 4.78 is 28.1. The molecule has 0 N–H and O–H groups in total. The van der Waals surface area contributed by atoms with Crippen LogP contribution in [0.1, 0.15) is 17.3 Å². The molecule has 1 aromatic rings. The van der Waals surface area contributed by atoms with E-state index in [4.69, 9.17) is 14.2 Å². The zero-order valence-electron chi connectivity index (χ0n) is 9.37. The molecule has 0 saturated heterocycles. The van der Waals surface area contributed by atoms with Gasteiger partial charge in [-0.3, -0.25) is 0 Å². The lowest BCUT2D eigenvalue weighted by atomic mass is 10.2. The highest BCUT2D eigenvalue weighted by atomic mass is 19.1. The summed E-state index contributed by atoms with van der Waals surface area (Å²) in [5.74, 6) is -1.21. The second-order valence-corrected chi connectivity index (χ2v) is 2.91. The summed E-state index contributed by atoms with van der Waals surface area (Å²) in [6.07, 6.45) is 0. The van der Waals surface area contributed by atoms with Crippen molar-refractivity contribution in [2.75, 3.05) is 20.8 Å². The Kier molecular flexibility index (Phi) is 4.10. The maximum atomic E-state index is 13.7.